The molecule has 160 valence electrons. The van der Waals surface area contributed by atoms with Crippen LogP contribution in [0, 0.1) is 10.1 Å². The number of hydrogen-bond donors (Lipinski definition) is 1. The summed E-state index contributed by atoms with van der Waals surface area (Å²) in [7, 11) is 0. The van der Waals surface area contributed by atoms with Crippen molar-refractivity contribution in [2.24, 2.45) is 0 Å². The number of amides is 1. The first-order valence-electron chi connectivity index (χ1n) is 9.57. The number of nitro groups is 1. The lowest BCUT2D eigenvalue weighted by atomic mass is 10.1. The highest BCUT2D eigenvalue weighted by Crippen LogP contribution is 2.32. The minimum Gasteiger partial charge on any atom is -0.325 e. The molecule has 0 saturated heterocycles. The van der Waals surface area contributed by atoms with E-state index in [4.69, 9.17) is 11.6 Å². The number of non-ortho nitro benzene ring substituents is 1. The molecule has 0 aliphatic rings. The predicted octanol–water partition coefficient (Wildman–Crippen LogP) is 5.83. The van der Waals surface area contributed by atoms with Crippen molar-refractivity contribution in [1.29, 1.82) is 0 Å². The molecule has 0 saturated carbocycles. The molecule has 3 aromatic carbocycles. The molecule has 0 unspecified atom stereocenters. The van der Waals surface area contributed by atoms with Gasteiger partial charge in [0, 0.05) is 34.1 Å². The number of anilines is 1. The second kappa shape index (κ2) is 9.67. The van der Waals surface area contributed by atoms with Crippen molar-refractivity contribution in [1.82, 2.24) is 9.55 Å². The second-order valence-corrected chi connectivity index (χ2v) is 8.13. The van der Waals surface area contributed by atoms with Crippen molar-refractivity contribution in [3.8, 4) is 16.9 Å². The Labute approximate surface area is 193 Å². The highest BCUT2D eigenvalue weighted by molar-refractivity contribution is 7.99. The van der Waals surface area contributed by atoms with Gasteiger partial charge in [-0.15, -0.1) is 0 Å². The Morgan fingerprint density at radius 1 is 1.06 bits per heavy atom. The number of nitro benzene ring substituents is 1. The van der Waals surface area contributed by atoms with Gasteiger partial charge in [0.15, 0.2) is 5.16 Å². The van der Waals surface area contributed by atoms with Crippen LogP contribution in [0.2, 0.25) is 5.02 Å². The van der Waals surface area contributed by atoms with E-state index in [0.717, 1.165) is 11.4 Å². The number of thioether (sulfide) groups is 1. The molecule has 4 aromatic rings. The van der Waals surface area contributed by atoms with Crippen molar-refractivity contribution in [3.63, 3.8) is 0 Å². The van der Waals surface area contributed by atoms with Gasteiger partial charge in [-0.2, -0.15) is 0 Å². The lowest BCUT2D eigenvalue weighted by Crippen LogP contribution is -2.14. The van der Waals surface area contributed by atoms with Gasteiger partial charge in [-0.1, -0.05) is 53.7 Å². The summed E-state index contributed by atoms with van der Waals surface area (Å²) in [5, 5.41) is 15.2. The molecule has 7 nitrogen and oxygen atoms in total. The molecule has 1 aromatic heterocycles. The summed E-state index contributed by atoms with van der Waals surface area (Å²) >= 11 is 7.32. The van der Waals surface area contributed by atoms with E-state index in [1.807, 2.05) is 47.0 Å². The van der Waals surface area contributed by atoms with Gasteiger partial charge in [-0.3, -0.25) is 19.5 Å². The Morgan fingerprint density at radius 3 is 2.53 bits per heavy atom. The van der Waals surface area contributed by atoms with Crippen LogP contribution in [0.5, 0.6) is 0 Å². The van der Waals surface area contributed by atoms with E-state index in [9.17, 15) is 14.9 Å². The summed E-state index contributed by atoms with van der Waals surface area (Å²) in [6, 6.07) is 22.7. The highest BCUT2D eigenvalue weighted by atomic mass is 35.5. The summed E-state index contributed by atoms with van der Waals surface area (Å²) < 4.78 is 1.86. The Balaban J connectivity index is 1.65. The molecule has 0 aliphatic heterocycles. The van der Waals surface area contributed by atoms with Crippen LogP contribution < -0.4 is 5.32 Å². The zero-order chi connectivity index (χ0) is 22.5. The Kier molecular flexibility index (Phi) is 6.53. The summed E-state index contributed by atoms with van der Waals surface area (Å²) in [4.78, 5) is 27.7. The zero-order valence-corrected chi connectivity index (χ0v) is 18.2. The largest absolute Gasteiger partial charge is 0.325 e. The molecule has 0 aliphatic carbocycles. The molecule has 0 atom stereocenters. The van der Waals surface area contributed by atoms with Crippen molar-refractivity contribution in [2.45, 2.75) is 5.16 Å². The quantitative estimate of drug-likeness (QED) is 0.211. The first-order chi connectivity index (χ1) is 15.5. The molecule has 0 fully saturated rings. The van der Waals surface area contributed by atoms with Gasteiger partial charge in [0.05, 0.1) is 22.6 Å². The summed E-state index contributed by atoms with van der Waals surface area (Å²) in [5.41, 5.74) is 2.79. The number of imidazole rings is 1. The van der Waals surface area contributed by atoms with Crippen LogP contribution in [0.3, 0.4) is 0 Å². The van der Waals surface area contributed by atoms with Crippen molar-refractivity contribution in [2.75, 3.05) is 11.1 Å². The SMILES string of the molecule is O=C(CSc1ncc(-c2cccc([N+](=O)[O-])c2)n1-c1ccc(Cl)cc1)Nc1ccccc1. The van der Waals surface area contributed by atoms with E-state index in [2.05, 4.69) is 10.3 Å². The van der Waals surface area contributed by atoms with E-state index in [0.29, 0.717) is 21.4 Å². The maximum Gasteiger partial charge on any atom is 0.270 e. The topological polar surface area (TPSA) is 90.1 Å². The third kappa shape index (κ3) is 4.99. The highest BCUT2D eigenvalue weighted by Gasteiger charge is 2.17. The van der Waals surface area contributed by atoms with E-state index in [1.165, 1.54) is 23.9 Å². The fraction of sp³-hybridized carbons (Fsp3) is 0.0435. The van der Waals surface area contributed by atoms with E-state index in [-0.39, 0.29) is 17.3 Å². The van der Waals surface area contributed by atoms with Gasteiger partial charge < -0.3 is 5.32 Å². The number of para-hydroxylation sites is 1. The number of hydrogen-bond acceptors (Lipinski definition) is 5. The first kappa shape index (κ1) is 21.6. The van der Waals surface area contributed by atoms with Gasteiger partial charge in [0.1, 0.15) is 0 Å². The first-order valence-corrected chi connectivity index (χ1v) is 10.9. The van der Waals surface area contributed by atoms with Crippen LogP contribution in [0.4, 0.5) is 11.4 Å². The van der Waals surface area contributed by atoms with Crippen LogP contribution in [0.25, 0.3) is 16.9 Å². The molecule has 0 bridgehead atoms. The molecule has 4 rings (SSSR count). The second-order valence-electron chi connectivity index (χ2n) is 6.75. The van der Waals surface area contributed by atoms with E-state index < -0.39 is 4.92 Å². The molecule has 32 heavy (non-hydrogen) atoms. The van der Waals surface area contributed by atoms with Crippen molar-refractivity contribution in [3.05, 3.63) is 100 Å². The van der Waals surface area contributed by atoms with Gasteiger partial charge in [0.2, 0.25) is 5.91 Å². The predicted molar refractivity (Wildman–Crippen MR) is 126 cm³/mol. The Morgan fingerprint density at radius 2 is 1.81 bits per heavy atom. The summed E-state index contributed by atoms with van der Waals surface area (Å²) in [5.74, 6) is -0.0165. The number of halogens is 1. The van der Waals surface area contributed by atoms with Crippen LogP contribution in [0.15, 0.2) is 90.2 Å². The fourth-order valence-corrected chi connectivity index (χ4v) is 4.03. The monoisotopic (exact) mass is 464 g/mol. The molecule has 0 radical (unpaired) electrons. The molecule has 1 heterocycles. The molecule has 0 spiro atoms. The van der Waals surface area contributed by atoms with E-state index in [1.54, 1.807) is 30.5 Å². The third-order valence-electron chi connectivity index (χ3n) is 4.56. The van der Waals surface area contributed by atoms with Crippen molar-refractivity contribution >= 4 is 40.6 Å². The average Bonchev–Trinajstić information content (AvgIpc) is 3.23. The molecule has 1 N–H and O–H groups in total. The van der Waals surface area contributed by atoms with Gasteiger partial charge in [-0.05, 0) is 36.4 Å². The summed E-state index contributed by atoms with van der Waals surface area (Å²) in [6.07, 6.45) is 1.64. The Hall–Kier alpha value is -3.62. The normalized spacial score (nSPS) is 10.7. The lowest BCUT2D eigenvalue weighted by Gasteiger charge is -2.12. The minimum absolute atomic E-state index is 0.0113. The number of carbonyl (C=O) groups excluding carboxylic acids is 1. The van der Waals surface area contributed by atoms with Crippen molar-refractivity contribution < 1.29 is 9.72 Å². The number of carbonyl (C=O) groups is 1. The van der Waals surface area contributed by atoms with Crippen LogP contribution in [-0.4, -0.2) is 26.1 Å². The number of benzene rings is 3. The molecular weight excluding hydrogens is 448 g/mol. The maximum absolute atomic E-state index is 12.4. The number of nitrogens with zero attached hydrogens (tertiary/aromatic N) is 3. The third-order valence-corrected chi connectivity index (χ3v) is 5.76. The average molecular weight is 465 g/mol. The van der Waals surface area contributed by atoms with Gasteiger partial charge >= 0.3 is 0 Å². The number of aromatic nitrogens is 2. The number of rotatable bonds is 7. The molecule has 1 amide bonds. The minimum atomic E-state index is -0.434. The van der Waals surface area contributed by atoms with E-state index >= 15 is 0 Å². The smallest absolute Gasteiger partial charge is 0.270 e. The number of nitrogens with one attached hydrogen (secondary N) is 1. The summed E-state index contributed by atoms with van der Waals surface area (Å²) in [6.45, 7) is 0. The van der Waals surface area contributed by atoms with Crippen LogP contribution in [0.1, 0.15) is 0 Å². The van der Waals surface area contributed by atoms with Crippen LogP contribution in [-0.2, 0) is 4.79 Å². The van der Waals surface area contributed by atoms with Crippen LogP contribution >= 0.6 is 23.4 Å². The molecular formula is C23H17ClN4O3S. The van der Waals surface area contributed by atoms with Gasteiger partial charge in [0.25, 0.3) is 5.69 Å². The lowest BCUT2D eigenvalue weighted by molar-refractivity contribution is -0.384. The zero-order valence-electron chi connectivity index (χ0n) is 16.6. The molecule has 9 heteroatoms. The Bertz CT molecular complexity index is 1260. The standard InChI is InChI=1S/C23H17ClN4O3S/c24-17-9-11-19(12-10-17)27-21(16-5-4-8-20(13-16)28(30)31)14-25-23(27)32-15-22(29)26-18-6-2-1-3-7-18/h1-14H,15H2,(H,26,29). The fourth-order valence-electron chi connectivity index (χ4n) is 3.11. The van der Waals surface area contributed by atoms with Gasteiger partial charge in [-0.25, -0.2) is 4.98 Å². The maximum atomic E-state index is 12.4.